The van der Waals surface area contributed by atoms with Crippen molar-refractivity contribution in [1.29, 1.82) is 0 Å². The fraction of sp³-hybridized carbons (Fsp3) is 0.824. The van der Waals surface area contributed by atoms with Crippen LogP contribution in [0.15, 0.2) is 11.6 Å². The fourth-order valence-corrected chi connectivity index (χ4v) is 4.19. The number of carboxylic acid groups (broad SMARTS) is 1. The molecule has 0 amide bonds. The first-order valence-corrected chi connectivity index (χ1v) is 8.01. The number of hydrogen-bond acceptors (Lipinski definition) is 1. The Morgan fingerprint density at radius 3 is 1.84 bits per heavy atom. The lowest BCUT2D eigenvalue weighted by atomic mass is 9.68. The average molecular weight is 264 g/mol. The summed E-state index contributed by atoms with van der Waals surface area (Å²) in [5, 5.41) is 9.20. The van der Waals surface area contributed by atoms with Crippen LogP contribution in [-0.4, -0.2) is 11.1 Å². The molecule has 0 aromatic heterocycles. The summed E-state index contributed by atoms with van der Waals surface area (Å²) >= 11 is 0. The van der Waals surface area contributed by atoms with Gasteiger partial charge in [-0.1, -0.05) is 25.8 Å². The van der Waals surface area contributed by atoms with Crippen LogP contribution >= 0.6 is 0 Å². The molecule has 2 fully saturated rings. The van der Waals surface area contributed by atoms with Gasteiger partial charge in [0.1, 0.15) is 0 Å². The molecule has 0 aromatic carbocycles. The normalized spacial score (nSPS) is 37.1. The molecule has 19 heavy (non-hydrogen) atoms. The Labute approximate surface area is 117 Å². The van der Waals surface area contributed by atoms with Crippen molar-refractivity contribution >= 4 is 5.97 Å². The summed E-state index contributed by atoms with van der Waals surface area (Å²) in [6.07, 6.45) is 12.1. The first kappa shape index (κ1) is 14.6. The second-order valence-corrected chi connectivity index (χ2v) is 6.68. The minimum atomic E-state index is -0.711. The second kappa shape index (κ2) is 6.58. The Balaban J connectivity index is 1.84. The van der Waals surface area contributed by atoms with E-state index in [-0.39, 0.29) is 0 Å². The zero-order chi connectivity index (χ0) is 13.8. The maximum atomic E-state index is 11.2. The molecule has 2 nitrogen and oxygen atoms in total. The summed E-state index contributed by atoms with van der Waals surface area (Å²) in [6, 6.07) is 0. The van der Waals surface area contributed by atoms with E-state index in [1.165, 1.54) is 38.5 Å². The molecule has 0 aromatic rings. The molecule has 108 valence electrons. The van der Waals surface area contributed by atoms with E-state index in [2.05, 4.69) is 6.92 Å². The number of carboxylic acids is 1. The van der Waals surface area contributed by atoms with Crippen LogP contribution in [0.3, 0.4) is 0 Å². The van der Waals surface area contributed by atoms with Crippen molar-refractivity contribution < 1.29 is 9.90 Å². The molecule has 0 aliphatic heterocycles. The predicted octanol–water partition coefficient (Wildman–Crippen LogP) is 4.65. The molecule has 0 heterocycles. The largest absolute Gasteiger partial charge is 0.478 e. The van der Waals surface area contributed by atoms with Crippen molar-refractivity contribution in [3.63, 3.8) is 0 Å². The zero-order valence-corrected chi connectivity index (χ0v) is 12.4. The molecule has 0 bridgehead atoms. The van der Waals surface area contributed by atoms with E-state index in [1.54, 1.807) is 6.08 Å². The molecule has 0 atom stereocenters. The number of allylic oxidation sites excluding steroid dienone is 1. The van der Waals surface area contributed by atoms with E-state index in [1.807, 2.05) is 6.92 Å². The van der Waals surface area contributed by atoms with Gasteiger partial charge >= 0.3 is 5.97 Å². The lowest BCUT2D eigenvalue weighted by molar-refractivity contribution is -0.133. The van der Waals surface area contributed by atoms with Gasteiger partial charge in [-0.25, -0.2) is 4.79 Å². The standard InChI is InChI=1S/C17H28O2/c1-3-16(17(18)19)15-10-8-14(9-11-15)13-6-4-12(2)5-7-13/h3,12-15H,4-11H2,1-2H3,(H,18,19). The Hall–Kier alpha value is -0.790. The van der Waals surface area contributed by atoms with Crippen molar-refractivity contribution in [3.8, 4) is 0 Å². The molecule has 2 rings (SSSR count). The highest BCUT2D eigenvalue weighted by Crippen LogP contribution is 2.42. The van der Waals surface area contributed by atoms with E-state index in [4.69, 9.17) is 0 Å². The van der Waals surface area contributed by atoms with Crippen molar-refractivity contribution in [2.24, 2.45) is 23.7 Å². The predicted molar refractivity (Wildman–Crippen MR) is 78.0 cm³/mol. The number of carbonyl (C=O) groups is 1. The highest BCUT2D eigenvalue weighted by atomic mass is 16.4. The Morgan fingerprint density at radius 2 is 1.42 bits per heavy atom. The van der Waals surface area contributed by atoms with Gasteiger partial charge in [-0.3, -0.25) is 0 Å². The smallest absolute Gasteiger partial charge is 0.331 e. The van der Waals surface area contributed by atoms with Gasteiger partial charge in [-0.15, -0.1) is 0 Å². The Bertz CT molecular complexity index is 329. The summed E-state index contributed by atoms with van der Waals surface area (Å²) in [7, 11) is 0. The van der Waals surface area contributed by atoms with E-state index in [0.29, 0.717) is 11.5 Å². The molecule has 2 aliphatic rings. The van der Waals surface area contributed by atoms with Crippen LogP contribution in [-0.2, 0) is 4.79 Å². The molecule has 0 radical (unpaired) electrons. The van der Waals surface area contributed by atoms with E-state index >= 15 is 0 Å². The second-order valence-electron chi connectivity index (χ2n) is 6.68. The molecule has 0 saturated heterocycles. The van der Waals surface area contributed by atoms with Gasteiger partial charge in [0.15, 0.2) is 0 Å². The Morgan fingerprint density at radius 1 is 0.947 bits per heavy atom. The highest BCUT2D eigenvalue weighted by molar-refractivity contribution is 5.87. The van der Waals surface area contributed by atoms with Gasteiger partial charge in [0.25, 0.3) is 0 Å². The first-order valence-electron chi connectivity index (χ1n) is 8.01. The van der Waals surface area contributed by atoms with Gasteiger partial charge in [-0.05, 0) is 69.1 Å². The molecule has 2 heteroatoms. The minimum Gasteiger partial charge on any atom is -0.478 e. The topological polar surface area (TPSA) is 37.3 Å². The molecular formula is C17H28O2. The van der Waals surface area contributed by atoms with Gasteiger partial charge < -0.3 is 5.11 Å². The van der Waals surface area contributed by atoms with Crippen LogP contribution in [0.4, 0.5) is 0 Å². The highest BCUT2D eigenvalue weighted by Gasteiger charge is 2.32. The minimum absolute atomic E-state index is 0.307. The monoisotopic (exact) mass is 264 g/mol. The molecular weight excluding hydrogens is 236 g/mol. The molecule has 0 spiro atoms. The SMILES string of the molecule is CC=C(C(=O)O)C1CCC(C2CCC(C)CC2)CC1. The fourth-order valence-electron chi connectivity index (χ4n) is 4.19. The van der Waals surface area contributed by atoms with E-state index < -0.39 is 5.97 Å². The van der Waals surface area contributed by atoms with Crippen LogP contribution in [0.25, 0.3) is 0 Å². The van der Waals surface area contributed by atoms with Crippen molar-refractivity contribution in [3.05, 3.63) is 11.6 Å². The van der Waals surface area contributed by atoms with Crippen LogP contribution in [0.5, 0.6) is 0 Å². The van der Waals surface area contributed by atoms with E-state index in [9.17, 15) is 9.90 Å². The van der Waals surface area contributed by atoms with Gasteiger partial charge in [0.2, 0.25) is 0 Å². The van der Waals surface area contributed by atoms with Gasteiger partial charge in [0, 0.05) is 5.57 Å². The van der Waals surface area contributed by atoms with Crippen LogP contribution in [0.2, 0.25) is 0 Å². The summed E-state index contributed by atoms with van der Waals surface area (Å²) in [5.41, 5.74) is 0.649. The van der Waals surface area contributed by atoms with Crippen LogP contribution in [0, 0.1) is 23.7 Å². The van der Waals surface area contributed by atoms with Crippen LogP contribution < -0.4 is 0 Å². The summed E-state index contributed by atoms with van der Waals surface area (Å²) in [5.74, 6) is 2.32. The van der Waals surface area contributed by atoms with Crippen molar-refractivity contribution in [2.75, 3.05) is 0 Å². The zero-order valence-electron chi connectivity index (χ0n) is 12.4. The molecule has 1 N–H and O–H groups in total. The third-order valence-electron chi connectivity index (χ3n) is 5.50. The third kappa shape index (κ3) is 3.61. The molecule has 2 aliphatic carbocycles. The van der Waals surface area contributed by atoms with Crippen molar-refractivity contribution in [1.82, 2.24) is 0 Å². The lowest BCUT2D eigenvalue weighted by Gasteiger charge is -2.37. The molecule has 2 saturated carbocycles. The molecule has 0 unspecified atom stereocenters. The Kier molecular flexibility index (Phi) is 5.06. The maximum Gasteiger partial charge on any atom is 0.331 e. The number of aliphatic carboxylic acids is 1. The summed E-state index contributed by atoms with van der Waals surface area (Å²) in [6.45, 7) is 4.23. The van der Waals surface area contributed by atoms with Crippen LogP contribution in [0.1, 0.15) is 65.2 Å². The summed E-state index contributed by atoms with van der Waals surface area (Å²) in [4.78, 5) is 11.2. The lowest BCUT2D eigenvalue weighted by Crippen LogP contribution is -2.27. The maximum absolute atomic E-state index is 11.2. The summed E-state index contributed by atoms with van der Waals surface area (Å²) < 4.78 is 0. The number of hydrogen-bond donors (Lipinski definition) is 1. The van der Waals surface area contributed by atoms with E-state index in [0.717, 1.165) is 30.6 Å². The van der Waals surface area contributed by atoms with Gasteiger partial charge in [-0.2, -0.15) is 0 Å². The van der Waals surface area contributed by atoms with Crippen molar-refractivity contribution in [2.45, 2.75) is 65.2 Å². The average Bonchev–Trinajstić information content (AvgIpc) is 2.41. The van der Waals surface area contributed by atoms with Gasteiger partial charge in [0.05, 0.1) is 0 Å². The number of rotatable bonds is 3. The quantitative estimate of drug-likeness (QED) is 0.753. The third-order valence-corrected chi connectivity index (χ3v) is 5.50. The first-order chi connectivity index (χ1) is 9.11.